The Labute approximate surface area is 103 Å². The Kier molecular flexibility index (Phi) is 3.29. The van der Waals surface area contributed by atoms with Gasteiger partial charge in [0, 0.05) is 6.54 Å². The van der Waals surface area contributed by atoms with E-state index in [2.05, 4.69) is 27.8 Å². The third-order valence-corrected chi connectivity index (χ3v) is 3.01. The molecule has 1 heterocycles. The summed E-state index contributed by atoms with van der Waals surface area (Å²) in [6, 6.07) is 8.52. The number of para-hydroxylation sites is 1. The minimum atomic E-state index is 0.615. The summed E-state index contributed by atoms with van der Waals surface area (Å²) in [5, 5.41) is 0. The Morgan fingerprint density at radius 1 is 1.38 bits per heavy atom. The molecule has 1 aromatic carbocycles. The van der Waals surface area contributed by atoms with Crippen molar-refractivity contribution in [1.82, 2.24) is 9.55 Å². The van der Waals surface area contributed by atoms with Crippen molar-refractivity contribution in [3.8, 4) is 11.8 Å². The van der Waals surface area contributed by atoms with Crippen LogP contribution in [0.4, 0.5) is 0 Å². The smallest absolute Gasteiger partial charge is 0.302 e. The molecule has 0 radical (unpaired) electrons. The van der Waals surface area contributed by atoms with Crippen molar-refractivity contribution in [3.63, 3.8) is 0 Å². The first kappa shape index (κ1) is 11.2. The molecule has 4 heteroatoms. The van der Waals surface area contributed by atoms with Crippen LogP contribution in [0.1, 0.15) is 12.5 Å². The molecule has 0 amide bonds. The summed E-state index contributed by atoms with van der Waals surface area (Å²) in [6.45, 7) is 4.89. The zero-order valence-corrected chi connectivity index (χ0v) is 10.9. The second-order valence-corrected chi connectivity index (χ2v) is 4.29. The Hall–Kier alpha value is -1.29. The Morgan fingerprint density at radius 3 is 2.81 bits per heavy atom. The van der Waals surface area contributed by atoms with Gasteiger partial charge in [0.05, 0.1) is 6.20 Å². The van der Waals surface area contributed by atoms with Crippen molar-refractivity contribution in [2.45, 2.75) is 20.4 Å². The molecule has 3 nitrogen and oxygen atoms in total. The lowest BCUT2D eigenvalue weighted by Crippen LogP contribution is -1.99. The molecule has 0 spiro atoms. The fraction of sp³-hybridized carbons (Fsp3) is 0.250. The van der Waals surface area contributed by atoms with Crippen molar-refractivity contribution < 1.29 is 4.74 Å². The quantitative estimate of drug-likeness (QED) is 0.856. The van der Waals surface area contributed by atoms with Gasteiger partial charge in [-0.15, -0.1) is 0 Å². The molecule has 0 bridgehead atoms. The minimum absolute atomic E-state index is 0.615. The Morgan fingerprint density at radius 2 is 2.12 bits per heavy atom. The van der Waals surface area contributed by atoms with Crippen LogP contribution in [0.5, 0.6) is 11.8 Å². The third kappa shape index (κ3) is 2.11. The lowest BCUT2D eigenvalue weighted by atomic mass is 10.2. The predicted octanol–water partition coefficient (Wildman–Crippen LogP) is 3.77. The van der Waals surface area contributed by atoms with Crippen LogP contribution >= 0.6 is 15.9 Å². The van der Waals surface area contributed by atoms with Crippen LogP contribution in [-0.4, -0.2) is 9.55 Å². The highest BCUT2D eigenvalue weighted by Gasteiger charge is 2.09. The van der Waals surface area contributed by atoms with E-state index in [1.54, 1.807) is 6.20 Å². The number of aryl methyl sites for hydroxylation is 1. The first-order valence-corrected chi connectivity index (χ1v) is 5.96. The standard InChI is InChI=1S/C12H13BrN2O/c1-3-15-11(13)8-14-12(15)16-10-7-5-4-6-9(10)2/h4-8H,3H2,1-2H3. The normalized spacial score (nSPS) is 10.4. The molecule has 2 aromatic rings. The van der Waals surface area contributed by atoms with Gasteiger partial charge < -0.3 is 4.74 Å². The van der Waals surface area contributed by atoms with Gasteiger partial charge in [0.1, 0.15) is 10.4 Å². The van der Waals surface area contributed by atoms with Crippen LogP contribution < -0.4 is 4.74 Å². The molecule has 0 aliphatic rings. The molecular formula is C12H13BrN2O. The maximum absolute atomic E-state index is 5.77. The van der Waals surface area contributed by atoms with Crippen LogP contribution in [0.2, 0.25) is 0 Å². The van der Waals surface area contributed by atoms with Crippen LogP contribution in [0.25, 0.3) is 0 Å². The number of rotatable bonds is 3. The van der Waals surface area contributed by atoms with Gasteiger partial charge in [-0.25, -0.2) is 4.98 Å². The van der Waals surface area contributed by atoms with E-state index in [4.69, 9.17) is 4.74 Å². The summed E-state index contributed by atoms with van der Waals surface area (Å²) in [5.41, 5.74) is 1.10. The average Bonchev–Trinajstić information content (AvgIpc) is 2.63. The average molecular weight is 281 g/mol. The number of imidazole rings is 1. The van der Waals surface area contributed by atoms with Gasteiger partial charge in [0.25, 0.3) is 0 Å². The molecule has 0 N–H and O–H groups in total. The van der Waals surface area contributed by atoms with Crippen molar-refractivity contribution in [2.75, 3.05) is 0 Å². The third-order valence-electron chi connectivity index (χ3n) is 2.38. The van der Waals surface area contributed by atoms with E-state index in [-0.39, 0.29) is 0 Å². The largest absolute Gasteiger partial charge is 0.425 e. The molecule has 16 heavy (non-hydrogen) atoms. The predicted molar refractivity (Wildman–Crippen MR) is 66.9 cm³/mol. The maximum atomic E-state index is 5.77. The highest BCUT2D eigenvalue weighted by atomic mass is 79.9. The van der Waals surface area contributed by atoms with E-state index in [1.807, 2.05) is 35.8 Å². The molecule has 0 aliphatic carbocycles. The van der Waals surface area contributed by atoms with Crippen LogP contribution in [0, 0.1) is 6.92 Å². The molecule has 0 atom stereocenters. The van der Waals surface area contributed by atoms with E-state index in [0.29, 0.717) is 6.01 Å². The zero-order chi connectivity index (χ0) is 11.5. The van der Waals surface area contributed by atoms with Gasteiger partial charge in [0.15, 0.2) is 0 Å². The van der Waals surface area contributed by atoms with Crippen molar-refractivity contribution >= 4 is 15.9 Å². The fourth-order valence-corrected chi connectivity index (χ4v) is 1.98. The number of nitrogens with zero attached hydrogens (tertiary/aromatic N) is 2. The van der Waals surface area contributed by atoms with Gasteiger partial charge >= 0.3 is 6.01 Å². The van der Waals surface area contributed by atoms with Gasteiger partial charge in [-0.2, -0.15) is 0 Å². The lowest BCUT2D eigenvalue weighted by molar-refractivity contribution is 0.411. The summed E-state index contributed by atoms with van der Waals surface area (Å²) in [6.07, 6.45) is 1.75. The van der Waals surface area contributed by atoms with Crippen LogP contribution in [0.3, 0.4) is 0 Å². The van der Waals surface area contributed by atoms with Crippen LogP contribution in [-0.2, 0) is 6.54 Å². The molecule has 0 aliphatic heterocycles. The Balaban J connectivity index is 2.31. The topological polar surface area (TPSA) is 27.1 Å². The first-order chi connectivity index (χ1) is 7.72. The van der Waals surface area contributed by atoms with Crippen molar-refractivity contribution in [2.24, 2.45) is 0 Å². The zero-order valence-electron chi connectivity index (χ0n) is 9.27. The summed E-state index contributed by atoms with van der Waals surface area (Å²) in [5.74, 6) is 0.843. The van der Waals surface area contributed by atoms with Crippen LogP contribution in [0.15, 0.2) is 35.1 Å². The number of benzene rings is 1. The molecule has 0 unspecified atom stereocenters. The SMILES string of the molecule is CCn1c(Br)cnc1Oc1ccccc1C. The fourth-order valence-electron chi connectivity index (χ4n) is 1.48. The summed E-state index contributed by atoms with van der Waals surface area (Å²) < 4.78 is 8.67. The monoisotopic (exact) mass is 280 g/mol. The van der Waals surface area contributed by atoms with Crippen molar-refractivity contribution in [1.29, 1.82) is 0 Å². The van der Waals surface area contributed by atoms with Gasteiger partial charge in [-0.05, 0) is 41.4 Å². The number of ether oxygens (including phenoxy) is 1. The Bertz CT molecular complexity index is 494. The van der Waals surface area contributed by atoms with E-state index in [0.717, 1.165) is 22.5 Å². The molecular weight excluding hydrogens is 268 g/mol. The summed E-state index contributed by atoms with van der Waals surface area (Å²) in [4.78, 5) is 4.22. The van der Waals surface area contributed by atoms with E-state index < -0.39 is 0 Å². The molecule has 0 fully saturated rings. The first-order valence-electron chi connectivity index (χ1n) is 5.17. The molecule has 84 valence electrons. The van der Waals surface area contributed by atoms with E-state index in [1.165, 1.54) is 0 Å². The highest BCUT2D eigenvalue weighted by molar-refractivity contribution is 9.10. The second kappa shape index (κ2) is 4.70. The maximum Gasteiger partial charge on any atom is 0.302 e. The van der Waals surface area contributed by atoms with E-state index in [9.17, 15) is 0 Å². The molecule has 1 aromatic heterocycles. The molecule has 0 saturated heterocycles. The van der Waals surface area contributed by atoms with Crippen molar-refractivity contribution in [3.05, 3.63) is 40.6 Å². The number of hydrogen-bond donors (Lipinski definition) is 0. The lowest BCUT2D eigenvalue weighted by Gasteiger charge is -2.09. The minimum Gasteiger partial charge on any atom is -0.425 e. The van der Waals surface area contributed by atoms with Gasteiger partial charge in [-0.3, -0.25) is 4.57 Å². The highest BCUT2D eigenvalue weighted by Crippen LogP contribution is 2.26. The second-order valence-electron chi connectivity index (χ2n) is 3.48. The van der Waals surface area contributed by atoms with Gasteiger partial charge in [-0.1, -0.05) is 18.2 Å². The molecule has 2 rings (SSSR count). The van der Waals surface area contributed by atoms with E-state index >= 15 is 0 Å². The molecule has 0 saturated carbocycles. The number of aromatic nitrogens is 2. The summed E-state index contributed by atoms with van der Waals surface area (Å²) in [7, 11) is 0. The van der Waals surface area contributed by atoms with Gasteiger partial charge in [0.2, 0.25) is 0 Å². The number of hydrogen-bond acceptors (Lipinski definition) is 2. The number of halogens is 1. The summed E-state index contributed by atoms with van der Waals surface area (Å²) >= 11 is 3.43.